The maximum absolute atomic E-state index is 12.6. The molecular formula is C19H18BrF3N2O4S. The molecule has 0 saturated carbocycles. The first-order valence-corrected chi connectivity index (χ1v) is 11.0. The molecule has 1 heterocycles. The number of rotatable bonds is 7. The van der Waals surface area contributed by atoms with E-state index in [0.29, 0.717) is 26.7 Å². The smallest absolute Gasteiger partial charge is 0.496 e. The third-order valence-electron chi connectivity index (χ3n) is 4.42. The summed E-state index contributed by atoms with van der Waals surface area (Å²) in [6.07, 6.45) is -4.52. The van der Waals surface area contributed by atoms with Crippen LogP contribution in [0.5, 0.6) is 11.5 Å². The van der Waals surface area contributed by atoms with Gasteiger partial charge < -0.3 is 14.5 Å². The van der Waals surface area contributed by atoms with Crippen molar-refractivity contribution in [1.82, 2.24) is 9.71 Å². The van der Waals surface area contributed by atoms with E-state index in [1.54, 1.807) is 13.0 Å². The maximum atomic E-state index is 12.6. The van der Waals surface area contributed by atoms with Crippen LogP contribution in [0.2, 0.25) is 0 Å². The number of nitrogens with one attached hydrogen (secondary N) is 2. The third kappa shape index (κ3) is 5.08. The molecule has 2 aromatic carbocycles. The van der Waals surface area contributed by atoms with Gasteiger partial charge in [-0.1, -0.05) is 0 Å². The van der Waals surface area contributed by atoms with Crippen LogP contribution in [0.1, 0.15) is 11.3 Å². The number of ether oxygens (including phenoxy) is 2. The number of hydrogen-bond acceptors (Lipinski definition) is 4. The summed E-state index contributed by atoms with van der Waals surface area (Å²) in [6.45, 7) is 1.83. The molecule has 0 aliphatic heterocycles. The molecular weight excluding hydrogens is 489 g/mol. The highest BCUT2D eigenvalue weighted by molar-refractivity contribution is 9.10. The molecule has 0 bridgehead atoms. The van der Waals surface area contributed by atoms with Crippen molar-refractivity contribution in [3.63, 3.8) is 0 Å². The number of sulfonamides is 1. The number of aryl methyl sites for hydroxylation is 1. The number of halogens is 4. The first-order valence-electron chi connectivity index (χ1n) is 8.70. The van der Waals surface area contributed by atoms with E-state index in [2.05, 4.69) is 30.4 Å². The highest BCUT2D eigenvalue weighted by atomic mass is 79.9. The van der Waals surface area contributed by atoms with Crippen LogP contribution >= 0.6 is 15.9 Å². The summed E-state index contributed by atoms with van der Waals surface area (Å²) < 4.78 is 74.9. The molecule has 0 aliphatic carbocycles. The summed E-state index contributed by atoms with van der Waals surface area (Å²) >= 11 is 3.27. The zero-order chi connectivity index (χ0) is 22.1. The van der Waals surface area contributed by atoms with E-state index in [-0.39, 0.29) is 23.6 Å². The molecule has 1 aromatic heterocycles. The van der Waals surface area contributed by atoms with E-state index in [4.69, 9.17) is 4.74 Å². The molecule has 30 heavy (non-hydrogen) atoms. The van der Waals surface area contributed by atoms with E-state index in [0.717, 1.165) is 5.69 Å². The minimum Gasteiger partial charge on any atom is -0.496 e. The third-order valence-corrected chi connectivity index (χ3v) is 6.54. The van der Waals surface area contributed by atoms with Crippen LogP contribution < -0.4 is 14.2 Å². The Morgan fingerprint density at radius 1 is 1.17 bits per heavy atom. The lowest BCUT2D eigenvalue weighted by Gasteiger charge is -2.10. The van der Waals surface area contributed by atoms with Gasteiger partial charge in [-0.3, -0.25) is 0 Å². The van der Waals surface area contributed by atoms with E-state index in [9.17, 15) is 21.6 Å². The Hall–Kier alpha value is -2.24. The number of fused-ring (bicyclic) bond motifs is 1. The van der Waals surface area contributed by atoms with Gasteiger partial charge in [0.25, 0.3) is 0 Å². The number of benzene rings is 2. The monoisotopic (exact) mass is 506 g/mol. The van der Waals surface area contributed by atoms with Crippen molar-refractivity contribution in [2.24, 2.45) is 0 Å². The summed E-state index contributed by atoms with van der Waals surface area (Å²) in [6, 6.07) is 8.40. The molecule has 0 spiro atoms. The van der Waals surface area contributed by atoms with Crippen molar-refractivity contribution in [3.05, 3.63) is 52.1 Å². The Labute approximate surface area is 179 Å². The van der Waals surface area contributed by atoms with Gasteiger partial charge in [0.2, 0.25) is 10.0 Å². The van der Waals surface area contributed by atoms with Gasteiger partial charge in [-0.05, 0) is 65.2 Å². The number of alkyl halides is 3. The lowest BCUT2D eigenvalue weighted by Crippen LogP contribution is -2.26. The topological polar surface area (TPSA) is 80.4 Å². The van der Waals surface area contributed by atoms with Crippen LogP contribution in [-0.4, -0.2) is 33.4 Å². The quantitative estimate of drug-likeness (QED) is 0.488. The zero-order valence-electron chi connectivity index (χ0n) is 15.9. The second-order valence-electron chi connectivity index (χ2n) is 6.43. The molecule has 0 saturated heterocycles. The van der Waals surface area contributed by atoms with Gasteiger partial charge in [0.1, 0.15) is 11.5 Å². The predicted octanol–water partition coefficient (Wildman–Crippen LogP) is 4.67. The average molecular weight is 507 g/mol. The molecule has 0 amide bonds. The highest BCUT2D eigenvalue weighted by Gasteiger charge is 2.31. The molecule has 2 N–H and O–H groups in total. The Morgan fingerprint density at radius 3 is 2.57 bits per heavy atom. The Bertz CT molecular complexity index is 1180. The highest BCUT2D eigenvalue weighted by Crippen LogP contribution is 2.30. The minimum atomic E-state index is -4.79. The van der Waals surface area contributed by atoms with Gasteiger partial charge in [-0.15, -0.1) is 13.2 Å². The fraction of sp³-hybridized carbons (Fsp3) is 0.263. The van der Waals surface area contributed by atoms with Crippen molar-refractivity contribution >= 4 is 36.9 Å². The molecule has 0 aliphatic rings. The summed E-state index contributed by atoms with van der Waals surface area (Å²) in [5.74, 6) is 0.0420. The van der Waals surface area contributed by atoms with Crippen molar-refractivity contribution in [2.75, 3.05) is 13.7 Å². The van der Waals surface area contributed by atoms with Crippen molar-refractivity contribution in [3.8, 4) is 11.5 Å². The normalized spacial score (nSPS) is 12.3. The largest absolute Gasteiger partial charge is 0.573 e. The summed E-state index contributed by atoms with van der Waals surface area (Å²) in [4.78, 5) is 3.12. The number of hydrogen-bond donors (Lipinski definition) is 2. The predicted molar refractivity (Wildman–Crippen MR) is 109 cm³/mol. The maximum Gasteiger partial charge on any atom is 0.573 e. The number of H-pyrrole nitrogens is 1. The van der Waals surface area contributed by atoms with Crippen molar-refractivity contribution < 1.29 is 31.1 Å². The molecule has 6 nitrogen and oxygen atoms in total. The molecule has 0 atom stereocenters. The van der Waals surface area contributed by atoms with Crippen LogP contribution in [0.25, 0.3) is 10.9 Å². The van der Waals surface area contributed by atoms with E-state index >= 15 is 0 Å². The zero-order valence-corrected chi connectivity index (χ0v) is 18.3. The van der Waals surface area contributed by atoms with Gasteiger partial charge in [0.15, 0.2) is 0 Å². The van der Waals surface area contributed by atoms with Crippen LogP contribution in [0.15, 0.2) is 45.8 Å². The number of aromatic amines is 1. The standard InChI is InChI=1S/C19H18BrF3N2O4S/c1-11-14(15-9-12(29-19(21,22)23)3-6-17(15)25-11)7-8-24-30(26,27)13-4-5-16(20)18(10-13)28-2/h3-6,9-10,24-25H,7-8H2,1-2H3. The number of aromatic nitrogens is 1. The molecule has 0 radical (unpaired) electrons. The fourth-order valence-electron chi connectivity index (χ4n) is 3.08. The Kier molecular flexibility index (Phi) is 6.34. The molecule has 162 valence electrons. The van der Waals surface area contributed by atoms with E-state index in [1.165, 1.54) is 37.4 Å². The van der Waals surface area contributed by atoms with Gasteiger partial charge in [-0.2, -0.15) is 0 Å². The van der Waals surface area contributed by atoms with Gasteiger partial charge in [0, 0.05) is 29.2 Å². The summed E-state index contributed by atoms with van der Waals surface area (Å²) in [7, 11) is -2.36. The van der Waals surface area contributed by atoms with Gasteiger partial charge in [0.05, 0.1) is 16.5 Å². The summed E-state index contributed by atoms with van der Waals surface area (Å²) in [5, 5.41) is 0.541. The number of methoxy groups -OCH3 is 1. The molecule has 0 fully saturated rings. The van der Waals surface area contributed by atoms with Crippen molar-refractivity contribution in [1.29, 1.82) is 0 Å². The first-order chi connectivity index (χ1) is 14.0. The minimum absolute atomic E-state index is 0.0408. The molecule has 3 aromatic rings. The molecule has 3 rings (SSSR count). The Morgan fingerprint density at radius 2 is 1.90 bits per heavy atom. The first kappa shape index (κ1) is 22.4. The van der Waals surface area contributed by atoms with Crippen LogP contribution in [0, 0.1) is 6.92 Å². The van der Waals surface area contributed by atoms with Crippen molar-refractivity contribution in [2.45, 2.75) is 24.6 Å². The molecule has 11 heteroatoms. The SMILES string of the molecule is COc1cc(S(=O)(=O)NCCc2c(C)[nH]c3ccc(OC(F)(F)F)cc23)ccc1Br. The van der Waals surface area contributed by atoms with Gasteiger partial charge in [-0.25, -0.2) is 13.1 Å². The Balaban J connectivity index is 1.78. The molecule has 0 unspecified atom stereocenters. The van der Waals surface area contributed by atoms with Gasteiger partial charge >= 0.3 is 6.36 Å². The lowest BCUT2D eigenvalue weighted by atomic mass is 10.1. The summed E-state index contributed by atoms with van der Waals surface area (Å²) in [5.41, 5.74) is 2.07. The lowest BCUT2D eigenvalue weighted by molar-refractivity contribution is -0.274. The fourth-order valence-corrected chi connectivity index (χ4v) is 4.54. The van der Waals surface area contributed by atoms with E-state index < -0.39 is 16.4 Å². The van der Waals surface area contributed by atoms with E-state index in [1.807, 2.05) is 0 Å². The second kappa shape index (κ2) is 8.48. The second-order valence-corrected chi connectivity index (χ2v) is 9.05. The average Bonchev–Trinajstić information content (AvgIpc) is 2.95. The van der Waals surface area contributed by atoms with Crippen LogP contribution in [0.3, 0.4) is 0 Å². The van der Waals surface area contributed by atoms with Crippen LogP contribution in [-0.2, 0) is 16.4 Å². The van der Waals surface area contributed by atoms with Crippen LogP contribution in [0.4, 0.5) is 13.2 Å².